The van der Waals surface area contributed by atoms with Gasteiger partial charge in [0, 0.05) is 6.20 Å². The molecule has 0 radical (unpaired) electrons. The Morgan fingerprint density at radius 2 is 2.33 bits per heavy atom. The van der Waals surface area contributed by atoms with Crippen LogP contribution < -0.4 is 4.74 Å². The average Bonchev–Trinajstić information content (AvgIpc) is 2.76. The van der Waals surface area contributed by atoms with Crippen molar-refractivity contribution in [3.05, 3.63) is 35.1 Å². The number of rotatable bonds is 4. The molecule has 1 atom stereocenters. The average molecular weight is 265 g/mol. The molecule has 0 spiro atoms. The third-order valence-electron chi connectivity index (χ3n) is 3.03. The molecule has 0 aromatic carbocycles. The first-order valence-corrected chi connectivity index (χ1v) is 6.42. The van der Waals surface area contributed by atoms with E-state index in [1.807, 2.05) is 12.3 Å². The Kier molecular flexibility index (Phi) is 3.92. The SMILES string of the molecule is CCC(C)/C=C/c1cc(OC)c2c(Cl)cnn2c1. The minimum absolute atomic E-state index is 0.563. The highest BCUT2D eigenvalue weighted by Crippen LogP contribution is 2.28. The van der Waals surface area contributed by atoms with Gasteiger partial charge in [0.1, 0.15) is 11.3 Å². The van der Waals surface area contributed by atoms with E-state index in [1.165, 1.54) is 0 Å². The maximum absolute atomic E-state index is 6.08. The Labute approximate surface area is 112 Å². The summed E-state index contributed by atoms with van der Waals surface area (Å²) in [6.45, 7) is 4.36. The molecule has 2 rings (SSSR count). The van der Waals surface area contributed by atoms with E-state index in [2.05, 4.69) is 31.1 Å². The molecule has 0 aliphatic rings. The number of hydrogen-bond acceptors (Lipinski definition) is 2. The van der Waals surface area contributed by atoms with Crippen molar-refractivity contribution in [1.29, 1.82) is 0 Å². The van der Waals surface area contributed by atoms with Gasteiger partial charge in [-0.15, -0.1) is 0 Å². The molecule has 3 nitrogen and oxygen atoms in total. The topological polar surface area (TPSA) is 26.5 Å². The number of allylic oxidation sites excluding steroid dienone is 1. The molecule has 0 aliphatic carbocycles. The minimum atomic E-state index is 0.563. The van der Waals surface area contributed by atoms with Crippen molar-refractivity contribution in [1.82, 2.24) is 9.61 Å². The molecule has 4 heteroatoms. The van der Waals surface area contributed by atoms with Crippen molar-refractivity contribution in [3.8, 4) is 5.75 Å². The van der Waals surface area contributed by atoms with Gasteiger partial charge in [-0.05, 0) is 17.5 Å². The molecule has 0 fully saturated rings. The van der Waals surface area contributed by atoms with Crippen LogP contribution in [0.1, 0.15) is 25.8 Å². The van der Waals surface area contributed by atoms with Crippen LogP contribution in [0.15, 0.2) is 24.5 Å². The van der Waals surface area contributed by atoms with Gasteiger partial charge in [-0.25, -0.2) is 4.52 Å². The van der Waals surface area contributed by atoms with Crippen LogP contribution in [0.4, 0.5) is 0 Å². The number of pyridine rings is 1. The Hall–Kier alpha value is -1.48. The molecule has 0 saturated heterocycles. The van der Waals surface area contributed by atoms with E-state index < -0.39 is 0 Å². The second-order valence-electron chi connectivity index (χ2n) is 4.37. The van der Waals surface area contributed by atoms with Crippen LogP contribution in [0.5, 0.6) is 5.75 Å². The van der Waals surface area contributed by atoms with Gasteiger partial charge in [-0.3, -0.25) is 0 Å². The molecule has 0 bridgehead atoms. The van der Waals surface area contributed by atoms with Gasteiger partial charge in [0.15, 0.2) is 0 Å². The summed E-state index contributed by atoms with van der Waals surface area (Å²) >= 11 is 6.08. The molecule has 0 aliphatic heterocycles. The zero-order valence-electron chi connectivity index (χ0n) is 10.9. The lowest BCUT2D eigenvalue weighted by molar-refractivity contribution is 0.417. The first-order valence-electron chi connectivity index (χ1n) is 6.04. The number of hydrogen-bond donors (Lipinski definition) is 0. The molecule has 1 unspecified atom stereocenters. The van der Waals surface area contributed by atoms with Crippen molar-refractivity contribution < 1.29 is 4.74 Å². The highest BCUT2D eigenvalue weighted by molar-refractivity contribution is 6.34. The molecule has 2 heterocycles. The fourth-order valence-electron chi connectivity index (χ4n) is 1.73. The summed E-state index contributed by atoms with van der Waals surface area (Å²) in [5, 5.41) is 4.81. The van der Waals surface area contributed by atoms with Gasteiger partial charge in [-0.1, -0.05) is 44.0 Å². The lowest BCUT2D eigenvalue weighted by Gasteiger charge is -2.06. The highest BCUT2D eigenvalue weighted by Gasteiger charge is 2.09. The number of methoxy groups -OCH3 is 1. The number of fused-ring (bicyclic) bond motifs is 1. The van der Waals surface area contributed by atoms with Gasteiger partial charge in [0.25, 0.3) is 0 Å². The molecular formula is C14H17ClN2O. The standard InChI is InChI=1S/C14H17ClN2O/c1-4-10(2)5-6-11-7-13(18-3)14-12(15)8-16-17(14)9-11/h5-10H,4H2,1-3H3/b6-5+. The van der Waals surface area contributed by atoms with Crippen molar-refractivity contribution in [2.24, 2.45) is 5.92 Å². The van der Waals surface area contributed by atoms with Crippen molar-refractivity contribution in [3.63, 3.8) is 0 Å². The summed E-state index contributed by atoms with van der Waals surface area (Å²) < 4.78 is 7.11. The second-order valence-corrected chi connectivity index (χ2v) is 4.78. The number of ether oxygens (including phenoxy) is 1. The third kappa shape index (κ3) is 2.51. The fraction of sp³-hybridized carbons (Fsp3) is 0.357. The Morgan fingerprint density at radius 3 is 3.00 bits per heavy atom. The predicted molar refractivity (Wildman–Crippen MR) is 75.2 cm³/mol. The summed E-state index contributed by atoms with van der Waals surface area (Å²) in [7, 11) is 1.64. The van der Waals surface area contributed by atoms with Crippen LogP contribution in [0.2, 0.25) is 5.02 Å². The number of halogens is 1. The zero-order chi connectivity index (χ0) is 13.1. The Morgan fingerprint density at radius 1 is 1.56 bits per heavy atom. The van der Waals surface area contributed by atoms with Crippen LogP contribution in [0, 0.1) is 5.92 Å². The van der Waals surface area contributed by atoms with Crippen LogP contribution >= 0.6 is 11.6 Å². The first kappa shape index (κ1) is 13.0. The molecular weight excluding hydrogens is 248 g/mol. The van der Waals surface area contributed by atoms with Gasteiger partial charge in [0.05, 0.1) is 18.3 Å². The fourth-order valence-corrected chi connectivity index (χ4v) is 1.95. The predicted octanol–water partition coefficient (Wildman–Crippen LogP) is 4.06. The van der Waals surface area contributed by atoms with E-state index in [9.17, 15) is 0 Å². The Balaban J connectivity index is 2.44. The van der Waals surface area contributed by atoms with Gasteiger partial charge in [0.2, 0.25) is 0 Å². The van der Waals surface area contributed by atoms with E-state index in [1.54, 1.807) is 17.8 Å². The lowest BCUT2D eigenvalue weighted by Crippen LogP contribution is -1.93. The van der Waals surface area contributed by atoms with Crippen LogP contribution in [-0.4, -0.2) is 16.7 Å². The van der Waals surface area contributed by atoms with Crippen LogP contribution in [0.3, 0.4) is 0 Å². The van der Waals surface area contributed by atoms with E-state index in [0.717, 1.165) is 23.3 Å². The molecule has 0 amide bonds. The summed E-state index contributed by atoms with van der Waals surface area (Å²) in [6, 6.07) is 1.97. The van der Waals surface area contributed by atoms with Gasteiger partial charge in [-0.2, -0.15) is 5.10 Å². The quantitative estimate of drug-likeness (QED) is 0.833. The number of nitrogens with zero attached hydrogens (tertiary/aromatic N) is 2. The largest absolute Gasteiger partial charge is 0.494 e. The van der Waals surface area contributed by atoms with Crippen LogP contribution in [0.25, 0.3) is 11.6 Å². The molecule has 18 heavy (non-hydrogen) atoms. The van der Waals surface area contributed by atoms with E-state index >= 15 is 0 Å². The third-order valence-corrected chi connectivity index (χ3v) is 3.31. The monoisotopic (exact) mass is 264 g/mol. The van der Waals surface area contributed by atoms with Gasteiger partial charge < -0.3 is 4.74 Å². The summed E-state index contributed by atoms with van der Waals surface area (Å²) in [5.41, 5.74) is 1.86. The van der Waals surface area contributed by atoms with E-state index in [4.69, 9.17) is 16.3 Å². The lowest BCUT2D eigenvalue weighted by atomic mass is 10.1. The van der Waals surface area contributed by atoms with Crippen molar-refractivity contribution >= 4 is 23.2 Å². The van der Waals surface area contributed by atoms with Crippen LogP contribution in [-0.2, 0) is 0 Å². The second kappa shape index (κ2) is 5.44. The normalized spacial score (nSPS) is 13.3. The zero-order valence-corrected chi connectivity index (χ0v) is 11.6. The molecule has 0 N–H and O–H groups in total. The Bertz CT molecular complexity index is 574. The minimum Gasteiger partial charge on any atom is -0.494 e. The van der Waals surface area contributed by atoms with E-state index in [0.29, 0.717) is 10.9 Å². The summed E-state index contributed by atoms with van der Waals surface area (Å²) in [6.07, 6.45) is 8.98. The van der Waals surface area contributed by atoms with Crippen molar-refractivity contribution in [2.45, 2.75) is 20.3 Å². The summed E-state index contributed by atoms with van der Waals surface area (Å²) in [5.74, 6) is 1.30. The molecule has 2 aromatic rings. The van der Waals surface area contributed by atoms with Crippen molar-refractivity contribution in [2.75, 3.05) is 7.11 Å². The number of aromatic nitrogens is 2. The summed E-state index contributed by atoms with van der Waals surface area (Å²) in [4.78, 5) is 0. The maximum Gasteiger partial charge on any atom is 0.146 e. The molecule has 96 valence electrons. The first-order chi connectivity index (χ1) is 8.65. The van der Waals surface area contributed by atoms with E-state index in [-0.39, 0.29) is 0 Å². The highest BCUT2D eigenvalue weighted by atomic mass is 35.5. The smallest absolute Gasteiger partial charge is 0.146 e. The van der Waals surface area contributed by atoms with Gasteiger partial charge >= 0.3 is 0 Å². The molecule has 0 saturated carbocycles. The maximum atomic E-state index is 6.08. The molecule has 2 aromatic heterocycles.